The van der Waals surface area contributed by atoms with Crippen molar-refractivity contribution >= 4 is 33.9 Å². The first kappa shape index (κ1) is 18.1. The van der Waals surface area contributed by atoms with Crippen LogP contribution in [0.1, 0.15) is 39.1 Å². The molecule has 0 fully saturated rings. The van der Waals surface area contributed by atoms with Crippen LogP contribution in [0.5, 0.6) is 0 Å². The summed E-state index contributed by atoms with van der Waals surface area (Å²) in [5.74, 6) is -0.613. The highest BCUT2D eigenvalue weighted by Gasteiger charge is 2.19. The first-order valence-electron chi connectivity index (χ1n) is 8.41. The molecule has 3 aromatic heterocycles. The number of fused-ring (bicyclic) bond motifs is 1. The molecule has 0 radical (unpaired) electrons. The molecule has 3 aromatic rings. The zero-order valence-electron chi connectivity index (χ0n) is 15.3. The van der Waals surface area contributed by atoms with Gasteiger partial charge < -0.3 is 14.5 Å². The van der Waals surface area contributed by atoms with Gasteiger partial charge in [0.1, 0.15) is 10.6 Å². The van der Waals surface area contributed by atoms with Crippen molar-refractivity contribution in [3.05, 3.63) is 51.8 Å². The van der Waals surface area contributed by atoms with Gasteiger partial charge in [0.2, 0.25) is 5.91 Å². The number of hydrogen-bond donors (Lipinski definition) is 1. The number of carbonyl (C=O) groups is 2. The van der Waals surface area contributed by atoms with Crippen molar-refractivity contribution in [2.24, 2.45) is 0 Å². The number of carbonyl (C=O) groups excluding carboxylic acids is 2. The lowest BCUT2D eigenvalue weighted by Crippen LogP contribution is -2.17. The smallest absolute Gasteiger partial charge is 0.341 e. The van der Waals surface area contributed by atoms with Crippen LogP contribution in [0.4, 0.5) is 5.00 Å². The van der Waals surface area contributed by atoms with E-state index in [9.17, 15) is 9.59 Å². The van der Waals surface area contributed by atoms with Crippen molar-refractivity contribution in [2.75, 3.05) is 11.9 Å². The van der Waals surface area contributed by atoms with Gasteiger partial charge in [0.25, 0.3) is 0 Å². The number of pyridine rings is 1. The monoisotopic (exact) mass is 371 g/mol. The van der Waals surface area contributed by atoms with E-state index in [1.807, 2.05) is 43.5 Å². The molecule has 0 atom stereocenters. The summed E-state index contributed by atoms with van der Waals surface area (Å²) in [7, 11) is 0. The molecule has 0 aromatic carbocycles. The molecule has 0 saturated carbocycles. The zero-order valence-corrected chi connectivity index (χ0v) is 16.1. The van der Waals surface area contributed by atoms with Crippen LogP contribution in [0.25, 0.3) is 5.65 Å². The maximum absolute atomic E-state index is 12.6. The lowest BCUT2D eigenvalue weighted by molar-refractivity contribution is -0.115. The van der Waals surface area contributed by atoms with Gasteiger partial charge in [0.15, 0.2) is 0 Å². The third-order valence-electron chi connectivity index (χ3n) is 4.08. The number of anilines is 1. The lowest BCUT2D eigenvalue weighted by atomic mass is 10.2. The number of aromatic nitrogens is 2. The van der Waals surface area contributed by atoms with Crippen LogP contribution in [-0.4, -0.2) is 27.9 Å². The van der Waals surface area contributed by atoms with Gasteiger partial charge in [-0.05, 0) is 45.4 Å². The van der Waals surface area contributed by atoms with Gasteiger partial charge in [0.05, 0.1) is 30.0 Å². The number of imidazole rings is 1. The highest BCUT2D eigenvalue weighted by atomic mass is 32.1. The molecule has 0 aliphatic rings. The number of hydrogen-bond acceptors (Lipinski definition) is 5. The molecule has 1 amide bonds. The second-order valence-electron chi connectivity index (χ2n) is 6.07. The standard InChI is InChI=1S/C19H21N3O3S/c1-5-25-19(24)14-9-12(3)26-18(14)21-16(23)10-15-13(4)20-17-11(2)7-6-8-22(15)17/h6-9H,5,10H2,1-4H3,(H,21,23). The minimum Gasteiger partial charge on any atom is -0.462 e. The van der Waals surface area contributed by atoms with Crippen LogP contribution >= 0.6 is 11.3 Å². The first-order valence-corrected chi connectivity index (χ1v) is 9.23. The number of nitrogens with one attached hydrogen (secondary N) is 1. The van der Waals surface area contributed by atoms with Crippen molar-refractivity contribution in [1.29, 1.82) is 0 Å². The van der Waals surface area contributed by atoms with Gasteiger partial charge in [-0.3, -0.25) is 4.79 Å². The van der Waals surface area contributed by atoms with E-state index in [-0.39, 0.29) is 12.3 Å². The highest BCUT2D eigenvalue weighted by molar-refractivity contribution is 7.16. The van der Waals surface area contributed by atoms with E-state index in [0.717, 1.165) is 27.5 Å². The summed E-state index contributed by atoms with van der Waals surface area (Å²) < 4.78 is 7.00. The average molecular weight is 371 g/mol. The molecule has 0 aliphatic carbocycles. The average Bonchev–Trinajstić information content (AvgIpc) is 3.09. The van der Waals surface area contributed by atoms with Crippen LogP contribution in [0.3, 0.4) is 0 Å². The molecule has 136 valence electrons. The maximum atomic E-state index is 12.6. The normalized spacial score (nSPS) is 10.9. The fraction of sp³-hybridized carbons (Fsp3) is 0.316. The molecule has 26 heavy (non-hydrogen) atoms. The van der Waals surface area contributed by atoms with Gasteiger partial charge in [-0.1, -0.05) is 6.07 Å². The maximum Gasteiger partial charge on any atom is 0.341 e. The Morgan fingerprint density at radius 3 is 2.81 bits per heavy atom. The number of nitrogens with zero attached hydrogens (tertiary/aromatic N) is 2. The number of rotatable bonds is 5. The summed E-state index contributed by atoms with van der Waals surface area (Å²) in [6, 6.07) is 5.67. The number of amides is 1. The Balaban J connectivity index is 1.84. The Bertz CT molecular complexity index is 987. The molecule has 0 aliphatic heterocycles. The second-order valence-corrected chi connectivity index (χ2v) is 7.33. The summed E-state index contributed by atoms with van der Waals surface area (Å²) in [5.41, 5.74) is 3.97. The Morgan fingerprint density at radius 2 is 2.08 bits per heavy atom. The van der Waals surface area contributed by atoms with E-state index in [0.29, 0.717) is 17.2 Å². The Hall–Kier alpha value is -2.67. The SMILES string of the molecule is CCOC(=O)c1cc(C)sc1NC(=O)Cc1c(C)nc2c(C)cccn12. The molecule has 7 heteroatoms. The minimum atomic E-state index is -0.422. The molecule has 0 spiro atoms. The summed E-state index contributed by atoms with van der Waals surface area (Å²) >= 11 is 1.36. The van der Waals surface area contributed by atoms with Gasteiger partial charge in [0, 0.05) is 11.1 Å². The topological polar surface area (TPSA) is 72.7 Å². The van der Waals surface area contributed by atoms with Gasteiger partial charge in [-0.2, -0.15) is 0 Å². The van der Waals surface area contributed by atoms with E-state index in [1.165, 1.54) is 11.3 Å². The minimum absolute atomic E-state index is 0.176. The zero-order chi connectivity index (χ0) is 18.8. The van der Waals surface area contributed by atoms with E-state index in [1.54, 1.807) is 13.0 Å². The molecular formula is C19H21N3O3S. The van der Waals surface area contributed by atoms with Gasteiger partial charge >= 0.3 is 5.97 Å². The Labute approximate surface area is 155 Å². The Morgan fingerprint density at radius 1 is 1.31 bits per heavy atom. The van der Waals surface area contributed by atoms with E-state index in [4.69, 9.17) is 4.74 Å². The summed E-state index contributed by atoms with van der Waals surface area (Å²) in [6.07, 6.45) is 2.08. The van der Waals surface area contributed by atoms with Crippen LogP contribution in [0, 0.1) is 20.8 Å². The van der Waals surface area contributed by atoms with Gasteiger partial charge in [-0.25, -0.2) is 9.78 Å². The van der Waals surface area contributed by atoms with Crippen molar-refractivity contribution in [3.8, 4) is 0 Å². The van der Waals surface area contributed by atoms with Crippen LogP contribution in [0.2, 0.25) is 0 Å². The number of thiophene rings is 1. The summed E-state index contributed by atoms with van der Waals surface area (Å²) in [5, 5.41) is 3.37. The molecule has 1 N–H and O–H groups in total. The van der Waals surface area contributed by atoms with E-state index in [2.05, 4.69) is 10.3 Å². The van der Waals surface area contributed by atoms with Crippen molar-refractivity contribution in [3.63, 3.8) is 0 Å². The fourth-order valence-corrected chi connectivity index (χ4v) is 3.79. The third kappa shape index (κ3) is 3.48. The molecular weight excluding hydrogens is 350 g/mol. The second kappa shape index (κ2) is 7.29. The van der Waals surface area contributed by atoms with Gasteiger partial charge in [-0.15, -0.1) is 11.3 Å². The predicted octanol–water partition coefficient (Wildman–Crippen LogP) is 3.68. The largest absolute Gasteiger partial charge is 0.462 e. The number of aryl methyl sites for hydroxylation is 3. The summed E-state index contributed by atoms with van der Waals surface area (Å²) in [6.45, 7) is 7.83. The highest BCUT2D eigenvalue weighted by Crippen LogP contribution is 2.28. The van der Waals surface area contributed by atoms with Crippen LogP contribution < -0.4 is 5.32 Å². The number of esters is 1. The van der Waals surface area contributed by atoms with E-state index >= 15 is 0 Å². The molecule has 3 rings (SSSR count). The predicted molar refractivity (Wildman–Crippen MR) is 102 cm³/mol. The Kier molecular flexibility index (Phi) is 5.08. The third-order valence-corrected chi connectivity index (χ3v) is 5.04. The molecule has 6 nitrogen and oxygen atoms in total. The molecule has 0 unspecified atom stereocenters. The molecule has 0 saturated heterocycles. The van der Waals surface area contributed by atoms with Crippen molar-refractivity contribution < 1.29 is 14.3 Å². The van der Waals surface area contributed by atoms with Crippen molar-refractivity contribution in [2.45, 2.75) is 34.1 Å². The quantitative estimate of drug-likeness (QED) is 0.695. The summed E-state index contributed by atoms with van der Waals surface area (Å²) in [4.78, 5) is 30.2. The van der Waals surface area contributed by atoms with Crippen LogP contribution in [-0.2, 0) is 16.0 Å². The molecule has 3 heterocycles. The van der Waals surface area contributed by atoms with Crippen LogP contribution in [0.15, 0.2) is 24.4 Å². The number of ether oxygens (including phenoxy) is 1. The first-order chi connectivity index (χ1) is 12.4. The van der Waals surface area contributed by atoms with E-state index < -0.39 is 5.97 Å². The lowest BCUT2D eigenvalue weighted by Gasteiger charge is -2.07. The van der Waals surface area contributed by atoms with Crippen molar-refractivity contribution in [1.82, 2.24) is 9.38 Å². The molecule has 0 bridgehead atoms. The fourth-order valence-electron chi connectivity index (χ4n) is 2.87.